The molecular formula is C14H29N3O. The van der Waals surface area contributed by atoms with Crippen LogP contribution in [0.4, 0.5) is 0 Å². The Bertz CT molecular complexity index is 249. The van der Waals surface area contributed by atoms with Crippen LogP contribution in [0.2, 0.25) is 0 Å². The zero-order chi connectivity index (χ0) is 13.5. The Hall–Kier alpha value is -0.610. The topological polar surface area (TPSA) is 44.4 Å². The fraction of sp³-hybridized carbons (Fsp3) is 0.929. The summed E-state index contributed by atoms with van der Waals surface area (Å²) in [4.78, 5) is 14.4. The van der Waals surface area contributed by atoms with Gasteiger partial charge in [-0.05, 0) is 40.2 Å². The summed E-state index contributed by atoms with van der Waals surface area (Å²) < 4.78 is 0. The number of likely N-dealkylation sites (tertiary alicyclic amines) is 1. The molecule has 1 heterocycles. The molecule has 0 aromatic heterocycles. The number of amides is 1. The van der Waals surface area contributed by atoms with E-state index in [0.29, 0.717) is 12.1 Å². The molecule has 4 nitrogen and oxygen atoms in total. The van der Waals surface area contributed by atoms with Gasteiger partial charge in [0.25, 0.3) is 0 Å². The highest BCUT2D eigenvalue weighted by Gasteiger charge is 2.26. The largest absolute Gasteiger partial charge is 0.352 e. The van der Waals surface area contributed by atoms with Crippen molar-refractivity contribution < 1.29 is 4.79 Å². The molecule has 0 aliphatic carbocycles. The average molecular weight is 255 g/mol. The third-order valence-electron chi connectivity index (χ3n) is 3.98. The summed E-state index contributed by atoms with van der Waals surface area (Å²) in [6, 6.07) is 0.914. The molecule has 1 amide bonds. The zero-order valence-corrected chi connectivity index (χ0v) is 12.3. The highest BCUT2D eigenvalue weighted by atomic mass is 16.2. The van der Waals surface area contributed by atoms with Gasteiger partial charge in [-0.3, -0.25) is 9.69 Å². The fourth-order valence-electron chi connectivity index (χ4n) is 2.61. The first kappa shape index (κ1) is 15.4. The molecule has 0 aromatic carbocycles. The van der Waals surface area contributed by atoms with Crippen molar-refractivity contribution in [1.82, 2.24) is 15.5 Å². The summed E-state index contributed by atoms with van der Waals surface area (Å²) in [6.45, 7) is 8.29. The van der Waals surface area contributed by atoms with E-state index in [0.717, 1.165) is 38.8 Å². The van der Waals surface area contributed by atoms with Crippen LogP contribution < -0.4 is 10.6 Å². The molecule has 1 fully saturated rings. The van der Waals surface area contributed by atoms with Crippen LogP contribution in [0.15, 0.2) is 0 Å². The van der Waals surface area contributed by atoms with Gasteiger partial charge in [0.05, 0.1) is 6.04 Å². The molecule has 1 aliphatic heterocycles. The van der Waals surface area contributed by atoms with Crippen LogP contribution in [-0.2, 0) is 4.79 Å². The number of nitrogens with zero attached hydrogens (tertiary/aromatic N) is 1. The lowest BCUT2D eigenvalue weighted by Gasteiger charge is -2.35. The molecule has 0 saturated carbocycles. The Labute approximate surface area is 111 Å². The molecule has 0 bridgehead atoms. The van der Waals surface area contributed by atoms with E-state index in [2.05, 4.69) is 29.4 Å². The number of hydrogen-bond donors (Lipinski definition) is 2. The molecule has 0 spiro atoms. The van der Waals surface area contributed by atoms with Crippen LogP contribution >= 0.6 is 0 Å². The van der Waals surface area contributed by atoms with Crippen molar-refractivity contribution in [1.29, 1.82) is 0 Å². The second-order valence-electron chi connectivity index (χ2n) is 5.47. The second kappa shape index (κ2) is 7.74. The predicted molar refractivity (Wildman–Crippen MR) is 75.6 cm³/mol. The van der Waals surface area contributed by atoms with E-state index in [1.807, 2.05) is 14.0 Å². The van der Waals surface area contributed by atoms with Gasteiger partial charge >= 0.3 is 0 Å². The van der Waals surface area contributed by atoms with Crippen LogP contribution in [0.3, 0.4) is 0 Å². The third kappa shape index (κ3) is 4.58. The van der Waals surface area contributed by atoms with Gasteiger partial charge < -0.3 is 10.6 Å². The number of piperidine rings is 1. The molecule has 0 aromatic rings. The van der Waals surface area contributed by atoms with Crippen LogP contribution in [0.5, 0.6) is 0 Å². The van der Waals surface area contributed by atoms with Crippen molar-refractivity contribution in [3.8, 4) is 0 Å². The Morgan fingerprint density at radius 3 is 2.44 bits per heavy atom. The lowest BCUT2D eigenvalue weighted by Crippen LogP contribution is -2.51. The SMILES string of the molecule is CCCC(C)NC(=O)C(C)N1CCC(NC)CC1. The summed E-state index contributed by atoms with van der Waals surface area (Å²) in [5.41, 5.74) is 0. The number of rotatable bonds is 6. The number of nitrogens with one attached hydrogen (secondary N) is 2. The van der Waals surface area contributed by atoms with Crippen molar-refractivity contribution in [3.63, 3.8) is 0 Å². The molecular weight excluding hydrogens is 226 g/mol. The predicted octanol–water partition coefficient (Wildman–Crippen LogP) is 1.36. The van der Waals surface area contributed by atoms with Gasteiger partial charge in [-0.1, -0.05) is 13.3 Å². The lowest BCUT2D eigenvalue weighted by atomic mass is 10.0. The minimum absolute atomic E-state index is 0.00196. The van der Waals surface area contributed by atoms with Crippen molar-refractivity contribution in [2.24, 2.45) is 0 Å². The molecule has 4 heteroatoms. The van der Waals surface area contributed by atoms with Crippen molar-refractivity contribution >= 4 is 5.91 Å². The van der Waals surface area contributed by atoms with E-state index in [-0.39, 0.29) is 11.9 Å². The van der Waals surface area contributed by atoms with E-state index in [1.165, 1.54) is 0 Å². The molecule has 1 saturated heterocycles. The lowest BCUT2D eigenvalue weighted by molar-refractivity contribution is -0.127. The number of carbonyl (C=O) groups excluding carboxylic acids is 1. The van der Waals surface area contributed by atoms with Crippen LogP contribution in [0.25, 0.3) is 0 Å². The monoisotopic (exact) mass is 255 g/mol. The van der Waals surface area contributed by atoms with E-state index in [1.54, 1.807) is 0 Å². The third-order valence-corrected chi connectivity index (χ3v) is 3.98. The molecule has 106 valence electrons. The van der Waals surface area contributed by atoms with Crippen LogP contribution in [-0.4, -0.2) is 49.1 Å². The maximum Gasteiger partial charge on any atom is 0.237 e. The van der Waals surface area contributed by atoms with E-state index >= 15 is 0 Å². The first-order valence-electron chi connectivity index (χ1n) is 7.30. The van der Waals surface area contributed by atoms with Gasteiger partial charge in [0, 0.05) is 25.2 Å². The maximum absolute atomic E-state index is 12.1. The second-order valence-corrected chi connectivity index (χ2v) is 5.47. The molecule has 2 unspecified atom stereocenters. The fourth-order valence-corrected chi connectivity index (χ4v) is 2.61. The molecule has 1 rings (SSSR count). The standard InChI is InChI=1S/C14H29N3O/c1-5-6-11(2)16-14(18)12(3)17-9-7-13(15-4)8-10-17/h11-13,15H,5-10H2,1-4H3,(H,16,18). The minimum atomic E-state index is 0.00196. The van der Waals surface area contributed by atoms with E-state index < -0.39 is 0 Å². The van der Waals surface area contributed by atoms with Gasteiger partial charge in [0.15, 0.2) is 0 Å². The maximum atomic E-state index is 12.1. The van der Waals surface area contributed by atoms with E-state index in [9.17, 15) is 4.79 Å². The quantitative estimate of drug-likeness (QED) is 0.753. The first-order chi connectivity index (χ1) is 8.58. The minimum Gasteiger partial charge on any atom is -0.352 e. The number of carbonyl (C=O) groups is 1. The Kier molecular flexibility index (Phi) is 6.65. The first-order valence-corrected chi connectivity index (χ1v) is 7.30. The van der Waals surface area contributed by atoms with Crippen molar-refractivity contribution in [2.45, 2.75) is 64.6 Å². The number of hydrogen-bond acceptors (Lipinski definition) is 3. The van der Waals surface area contributed by atoms with Gasteiger partial charge in [0.1, 0.15) is 0 Å². The Morgan fingerprint density at radius 1 is 1.33 bits per heavy atom. The normalized spacial score (nSPS) is 21.6. The summed E-state index contributed by atoms with van der Waals surface area (Å²) in [5.74, 6) is 0.179. The Morgan fingerprint density at radius 2 is 1.94 bits per heavy atom. The Balaban J connectivity index is 2.35. The van der Waals surface area contributed by atoms with Crippen molar-refractivity contribution in [2.75, 3.05) is 20.1 Å². The average Bonchev–Trinajstić information content (AvgIpc) is 2.38. The summed E-state index contributed by atoms with van der Waals surface area (Å²) in [6.07, 6.45) is 4.45. The highest BCUT2D eigenvalue weighted by Crippen LogP contribution is 2.13. The molecule has 0 radical (unpaired) electrons. The van der Waals surface area contributed by atoms with Crippen LogP contribution in [0, 0.1) is 0 Å². The van der Waals surface area contributed by atoms with Crippen molar-refractivity contribution in [3.05, 3.63) is 0 Å². The smallest absolute Gasteiger partial charge is 0.237 e. The van der Waals surface area contributed by atoms with Gasteiger partial charge in [-0.25, -0.2) is 0 Å². The summed E-state index contributed by atoms with van der Waals surface area (Å²) >= 11 is 0. The van der Waals surface area contributed by atoms with Gasteiger partial charge in [-0.15, -0.1) is 0 Å². The summed E-state index contributed by atoms with van der Waals surface area (Å²) in [5, 5.41) is 6.42. The van der Waals surface area contributed by atoms with Gasteiger partial charge in [0.2, 0.25) is 5.91 Å². The van der Waals surface area contributed by atoms with Crippen LogP contribution in [0.1, 0.15) is 46.5 Å². The van der Waals surface area contributed by atoms with E-state index in [4.69, 9.17) is 0 Å². The molecule has 2 atom stereocenters. The zero-order valence-electron chi connectivity index (χ0n) is 12.3. The highest BCUT2D eigenvalue weighted by molar-refractivity contribution is 5.81. The molecule has 1 aliphatic rings. The molecule has 18 heavy (non-hydrogen) atoms. The molecule has 2 N–H and O–H groups in total. The summed E-state index contributed by atoms with van der Waals surface area (Å²) in [7, 11) is 2.02. The van der Waals surface area contributed by atoms with Gasteiger partial charge in [-0.2, -0.15) is 0 Å².